The van der Waals surface area contributed by atoms with E-state index in [0.29, 0.717) is 0 Å². The number of aromatic nitrogens is 2. The zero-order valence-corrected chi connectivity index (χ0v) is 28.4. The summed E-state index contributed by atoms with van der Waals surface area (Å²) in [6, 6.07) is 66.7. The smallest absolute Gasteiger partial charge is 0.0641 e. The Kier molecular flexibility index (Phi) is 6.16. The minimum atomic E-state index is 1.16. The highest BCUT2D eigenvalue weighted by Gasteiger charge is 2.21. The molecule has 0 fully saturated rings. The van der Waals surface area contributed by atoms with Crippen molar-refractivity contribution in [3.8, 4) is 33.6 Å². The average Bonchev–Trinajstić information content (AvgIpc) is 3.85. The van der Waals surface area contributed by atoms with Crippen LogP contribution in [0.5, 0.6) is 0 Å². The molecular weight excluding hydrogens is 637 g/mol. The van der Waals surface area contributed by atoms with E-state index in [1.165, 1.54) is 86.0 Å². The van der Waals surface area contributed by atoms with Gasteiger partial charge in [0.15, 0.2) is 0 Å². The van der Waals surface area contributed by atoms with Crippen molar-refractivity contribution in [3.63, 3.8) is 0 Å². The summed E-state index contributed by atoms with van der Waals surface area (Å²) in [4.78, 5) is 0. The molecule has 11 aromatic rings. The van der Waals surface area contributed by atoms with Gasteiger partial charge in [-0.25, -0.2) is 0 Å². The van der Waals surface area contributed by atoms with Gasteiger partial charge in [0.1, 0.15) is 0 Å². The summed E-state index contributed by atoms with van der Waals surface area (Å²) in [6.45, 7) is 0. The van der Waals surface area contributed by atoms with Crippen LogP contribution in [-0.2, 0) is 0 Å². The Balaban J connectivity index is 1.17. The van der Waals surface area contributed by atoms with E-state index in [9.17, 15) is 0 Å². The maximum atomic E-state index is 2.49. The lowest BCUT2D eigenvalue weighted by Gasteiger charge is -2.12. The van der Waals surface area contributed by atoms with E-state index < -0.39 is 0 Å². The van der Waals surface area contributed by atoms with Crippen LogP contribution in [0.4, 0.5) is 0 Å². The molecule has 0 atom stereocenters. The number of thiophene rings is 1. The van der Waals surface area contributed by atoms with Gasteiger partial charge in [-0.1, -0.05) is 127 Å². The van der Waals surface area contributed by atoms with Crippen LogP contribution in [0.3, 0.4) is 0 Å². The lowest BCUT2D eigenvalue weighted by Crippen LogP contribution is -1.96. The van der Waals surface area contributed by atoms with E-state index in [-0.39, 0.29) is 0 Å². The molecule has 0 aliphatic rings. The van der Waals surface area contributed by atoms with E-state index in [0.717, 1.165) is 11.4 Å². The van der Waals surface area contributed by atoms with E-state index in [2.05, 4.69) is 191 Å². The van der Waals surface area contributed by atoms with Crippen molar-refractivity contribution in [1.82, 2.24) is 9.13 Å². The van der Waals surface area contributed by atoms with Crippen molar-refractivity contribution in [1.29, 1.82) is 0 Å². The van der Waals surface area contributed by atoms with Gasteiger partial charge in [0, 0.05) is 53.1 Å². The fraction of sp³-hybridized carbons (Fsp3) is 0. The standard InChI is InChI=1S/C48H30N2S/c1-2-12-31(13-3-1)32-14-10-16-35(28-32)49-43-22-8-5-20-41(43)47-44(49)27-26-40-37-18-4-7-21-42(37)50(48(40)47)36-17-11-15-33(29-36)34-24-25-39-38-19-6-9-23-45(38)51-46(39)30-34/h1-30H. The van der Waals surface area contributed by atoms with Gasteiger partial charge >= 0.3 is 0 Å². The van der Waals surface area contributed by atoms with Gasteiger partial charge in [-0.3, -0.25) is 0 Å². The Hall–Kier alpha value is -6.42. The molecule has 0 N–H and O–H groups in total. The number of para-hydroxylation sites is 2. The zero-order valence-electron chi connectivity index (χ0n) is 27.6. The van der Waals surface area contributed by atoms with Crippen LogP contribution < -0.4 is 0 Å². The first-order chi connectivity index (χ1) is 25.3. The number of hydrogen-bond donors (Lipinski definition) is 0. The average molecular weight is 667 g/mol. The third-order valence-electron chi connectivity index (χ3n) is 10.5. The van der Waals surface area contributed by atoms with Gasteiger partial charge in [0.25, 0.3) is 0 Å². The number of hydrogen-bond acceptors (Lipinski definition) is 1. The lowest BCUT2D eigenvalue weighted by molar-refractivity contribution is 1.17. The van der Waals surface area contributed by atoms with Gasteiger partial charge in [-0.2, -0.15) is 0 Å². The lowest BCUT2D eigenvalue weighted by atomic mass is 10.0. The second-order valence-electron chi connectivity index (χ2n) is 13.3. The summed E-state index contributed by atoms with van der Waals surface area (Å²) in [6.07, 6.45) is 0. The fourth-order valence-electron chi connectivity index (χ4n) is 8.24. The van der Waals surface area contributed by atoms with Crippen LogP contribution in [0.1, 0.15) is 0 Å². The summed E-state index contributed by atoms with van der Waals surface area (Å²) in [5.41, 5.74) is 12.0. The first-order valence-corrected chi connectivity index (χ1v) is 18.3. The van der Waals surface area contributed by atoms with Gasteiger partial charge < -0.3 is 9.13 Å². The molecular formula is C48H30N2S. The Morgan fingerprint density at radius 2 is 0.882 bits per heavy atom. The topological polar surface area (TPSA) is 9.86 Å². The molecule has 0 radical (unpaired) electrons. The largest absolute Gasteiger partial charge is 0.309 e. The van der Waals surface area contributed by atoms with E-state index >= 15 is 0 Å². The van der Waals surface area contributed by atoms with Gasteiger partial charge in [0.05, 0.1) is 22.1 Å². The predicted octanol–water partition coefficient (Wildman–Crippen LogP) is 13.6. The molecule has 0 saturated heterocycles. The minimum Gasteiger partial charge on any atom is -0.309 e. The Bertz CT molecular complexity index is 3140. The monoisotopic (exact) mass is 666 g/mol. The minimum absolute atomic E-state index is 1.16. The maximum absolute atomic E-state index is 2.49. The molecule has 0 spiro atoms. The summed E-state index contributed by atoms with van der Waals surface area (Å²) in [5, 5.41) is 7.69. The van der Waals surface area contributed by atoms with Crippen molar-refractivity contribution < 1.29 is 0 Å². The van der Waals surface area contributed by atoms with Crippen LogP contribution in [0.2, 0.25) is 0 Å². The molecule has 0 aliphatic carbocycles. The van der Waals surface area contributed by atoms with Crippen LogP contribution in [-0.4, -0.2) is 9.13 Å². The SMILES string of the molecule is c1ccc(-c2cccc(-n3c4ccccc4c4c3ccc3c5ccccc5n(-c5cccc(-c6ccc7c(c6)sc6ccccc67)c5)c34)c2)cc1. The molecule has 0 aliphatic heterocycles. The van der Waals surface area contributed by atoms with E-state index in [1.54, 1.807) is 0 Å². The van der Waals surface area contributed by atoms with Crippen LogP contribution >= 0.6 is 11.3 Å². The molecule has 8 aromatic carbocycles. The first kappa shape index (κ1) is 28.4. The van der Waals surface area contributed by atoms with Crippen LogP contribution in [0.25, 0.3) is 97.4 Å². The molecule has 2 nitrogen and oxygen atoms in total. The highest BCUT2D eigenvalue weighted by Crippen LogP contribution is 2.43. The summed E-state index contributed by atoms with van der Waals surface area (Å²) < 4.78 is 7.58. The highest BCUT2D eigenvalue weighted by atomic mass is 32.1. The van der Waals surface area contributed by atoms with Gasteiger partial charge in [-0.05, 0) is 76.9 Å². The molecule has 0 unspecified atom stereocenters. The molecule has 3 aromatic heterocycles. The molecule has 238 valence electrons. The zero-order chi connectivity index (χ0) is 33.5. The second-order valence-corrected chi connectivity index (χ2v) is 14.4. The molecule has 3 heterocycles. The summed E-state index contributed by atoms with van der Waals surface area (Å²) in [7, 11) is 0. The van der Waals surface area contributed by atoms with Crippen molar-refractivity contribution in [2.75, 3.05) is 0 Å². The van der Waals surface area contributed by atoms with Gasteiger partial charge in [-0.15, -0.1) is 11.3 Å². The van der Waals surface area contributed by atoms with E-state index in [1.807, 2.05) is 11.3 Å². The number of benzene rings is 8. The van der Waals surface area contributed by atoms with Crippen molar-refractivity contribution in [3.05, 3.63) is 182 Å². The van der Waals surface area contributed by atoms with E-state index in [4.69, 9.17) is 0 Å². The molecule has 3 heteroatoms. The molecule has 0 saturated carbocycles. The Morgan fingerprint density at radius 3 is 1.69 bits per heavy atom. The normalized spacial score (nSPS) is 11.9. The quantitative estimate of drug-likeness (QED) is 0.177. The van der Waals surface area contributed by atoms with Crippen LogP contribution in [0, 0.1) is 0 Å². The van der Waals surface area contributed by atoms with Crippen molar-refractivity contribution in [2.24, 2.45) is 0 Å². The summed E-state index contributed by atoms with van der Waals surface area (Å²) in [5.74, 6) is 0. The maximum Gasteiger partial charge on any atom is 0.0641 e. The summed E-state index contributed by atoms with van der Waals surface area (Å²) >= 11 is 1.87. The number of nitrogens with zero attached hydrogens (tertiary/aromatic N) is 2. The van der Waals surface area contributed by atoms with Crippen molar-refractivity contribution >= 4 is 75.1 Å². The fourth-order valence-corrected chi connectivity index (χ4v) is 9.39. The second kappa shape index (κ2) is 11.0. The van der Waals surface area contributed by atoms with Crippen molar-refractivity contribution in [2.45, 2.75) is 0 Å². The van der Waals surface area contributed by atoms with Gasteiger partial charge in [0.2, 0.25) is 0 Å². The molecule has 0 amide bonds. The number of rotatable bonds is 4. The molecule has 11 rings (SSSR count). The Labute approximate surface area is 298 Å². The number of fused-ring (bicyclic) bond motifs is 10. The highest BCUT2D eigenvalue weighted by molar-refractivity contribution is 7.25. The molecule has 51 heavy (non-hydrogen) atoms. The predicted molar refractivity (Wildman–Crippen MR) is 219 cm³/mol. The third-order valence-corrected chi connectivity index (χ3v) is 11.6. The first-order valence-electron chi connectivity index (χ1n) is 17.4. The molecule has 0 bridgehead atoms. The Morgan fingerprint density at radius 1 is 0.314 bits per heavy atom. The third kappa shape index (κ3) is 4.29. The van der Waals surface area contributed by atoms with Crippen LogP contribution in [0.15, 0.2) is 182 Å².